The van der Waals surface area contributed by atoms with Crippen molar-refractivity contribution in [1.29, 1.82) is 0 Å². The number of rotatable bonds is 4. The Balaban J connectivity index is 2.71. The van der Waals surface area contributed by atoms with Crippen LogP contribution in [0.5, 0.6) is 0 Å². The number of nitrogens with zero attached hydrogens (tertiary/aromatic N) is 2. The maximum atomic E-state index is 12.5. The molecule has 4 nitrogen and oxygen atoms in total. The number of anilines is 1. The van der Waals surface area contributed by atoms with Gasteiger partial charge in [0.1, 0.15) is 5.69 Å². The Kier molecular flexibility index (Phi) is 4.38. The average Bonchev–Trinajstić information content (AvgIpc) is 2.64. The Morgan fingerprint density at radius 1 is 1.25 bits per heavy atom. The fourth-order valence-electron chi connectivity index (χ4n) is 2.46. The second-order valence-corrected chi connectivity index (χ2v) is 6.09. The monoisotopic (exact) mass is 337 g/mol. The molecule has 0 saturated heterocycles. The summed E-state index contributed by atoms with van der Waals surface area (Å²) < 4.78 is 4.67. The number of halogens is 1. The molecule has 0 spiro atoms. The second kappa shape index (κ2) is 5.87. The van der Waals surface area contributed by atoms with E-state index in [2.05, 4.69) is 36.7 Å². The fraction of sp³-hybridized carbons (Fsp3) is 0.400. The van der Waals surface area contributed by atoms with E-state index in [4.69, 9.17) is 5.73 Å². The summed E-state index contributed by atoms with van der Waals surface area (Å²) in [4.78, 5) is 12.5. The fourth-order valence-corrected chi connectivity index (χ4v) is 2.72. The summed E-state index contributed by atoms with van der Waals surface area (Å²) in [5.74, 6) is 0.214. The zero-order valence-corrected chi connectivity index (χ0v) is 13.6. The van der Waals surface area contributed by atoms with Gasteiger partial charge in [-0.05, 0) is 36.6 Å². The van der Waals surface area contributed by atoms with Crippen LogP contribution < -0.4 is 11.3 Å². The van der Waals surface area contributed by atoms with Crippen LogP contribution in [0, 0.1) is 0 Å². The number of nitrogen functional groups attached to an aromatic ring is 1. The van der Waals surface area contributed by atoms with Gasteiger partial charge in [0, 0.05) is 11.0 Å². The SMILES string of the molecule is CCCn1c(C(C)C)c(N)c(=O)n1-c1ccc(Br)cc1. The van der Waals surface area contributed by atoms with Crippen molar-refractivity contribution in [3.63, 3.8) is 0 Å². The van der Waals surface area contributed by atoms with Crippen LogP contribution in [0.3, 0.4) is 0 Å². The number of benzene rings is 1. The molecular weight excluding hydrogens is 318 g/mol. The molecule has 2 aromatic rings. The van der Waals surface area contributed by atoms with E-state index in [0.717, 1.165) is 28.8 Å². The van der Waals surface area contributed by atoms with Gasteiger partial charge in [-0.3, -0.25) is 9.48 Å². The normalized spacial score (nSPS) is 11.2. The largest absolute Gasteiger partial charge is 0.393 e. The summed E-state index contributed by atoms with van der Waals surface area (Å²) in [5, 5.41) is 0. The van der Waals surface area contributed by atoms with Gasteiger partial charge in [0.25, 0.3) is 5.56 Å². The van der Waals surface area contributed by atoms with Crippen LogP contribution in [0.25, 0.3) is 5.69 Å². The molecule has 0 atom stereocenters. The van der Waals surface area contributed by atoms with Crippen LogP contribution in [0.4, 0.5) is 5.69 Å². The Labute approximate surface area is 127 Å². The van der Waals surface area contributed by atoms with Crippen LogP contribution >= 0.6 is 15.9 Å². The van der Waals surface area contributed by atoms with E-state index < -0.39 is 0 Å². The maximum Gasteiger partial charge on any atom is 0.294 e. The van der Waals surface area contributed by atoms with Crippen molar-refractivity contribution in [1.82, 2.24) is 9.36 Å². The molecule has 0 fully saturated rings. The highest BCUT2D eigenvalue weighted by atomic mass is 79.9. The minimum absolute atomic E-state index is 0.135. The van der Waals surface area contributed by atoms with E-state index >= 15 is 0 Å². The number of hydrogen-bond donors (Lipinski definition) is 1. The van der Waals surface area contributed by atoms with E-state index in [1.807, 2.05) is 28.9 Å². The van der Waals surface area contributed by atoms with Gasteiger partial charge in [0.05, 0.1) is 11.4 Å². The molecule has 0 saturated carbocycles. The molecule has 0 aliphatic rings. The van der Waals surface area contributed by atoms with Crippen molar-refractivity contribution in [2.45, 2.75) is 39.7 Å². The highest BCUT2D eigenvalue weighted by Crippen LogP contribution is 2.23. The molecule has 1 aromatic carbocycles. The van der Waals surface area contributed by atoms with Gasteiger partial charge in [-0.15, -0.1) is 0 Å². The Morgan fingerprint density at radius 3 is 2.35 bits per heavy atom. The van der Waals surface area contributed by atoms with Crippen LogP contribution in [-0.4, -0.2) is 9.36 Å². The van der Waals surface area contributed by atoms with Gasteiger partial charge in [-0.25, -0.2) is 4.68 Å². The van der Waals surface area contributed by atoms with Crippen molar-refractivity contribution in [3.05, 3.63) is 44.8 Å². The highest BCUT2D eigenvalue weighted by molar-refractivity contribution is 9.10. The van der Waals surface area contributed by atoms with E-state index in [0.29, 0.717) is 5.69 Å². The molecule has 2 N–H and O–H groups in total. The third-order valence-corrected chi connectivity index (χ3v) is 3.80. The molecule has 2 rings (SSSR count). The first-order valence-corrected chi connectivity index (χ1v) is 7.63. The van der Waals surface area contributed by atoms with Crippen molar-refractivity contribution in [2.75, 3.05) is 5.73 Å². The zero-order valence-electron chi connectivity index (χ0n) is 12.1. The Bertz CT molecular complexity index is 653. The molecule has 0 radical (unpaired) electrons. The predicted octanol–water partition coefficient (Wildman–Crippen LogP) is 3.52. The molecule has 20 heavy (non-hydrogen) atoms. The van der Waals surface area contributed by atoms with Gasteiger partial charge in [-0.2, -0.15) is 0 Å². The summed E-state index contributed by atoms with van der Waals surface area (Å²) in [6, 6.07) is 7.69. The van der Waals surface area contributed by atoms with Gasteiger partial charge < -0.3 is 5.73 Å². The van der Waals surface area contributed by atoms with Gasteiger partial charge >= 0.3 is 0 Å². The second-order valence-electron chi connectivity index (χ2n) is 5.17. The molecule has 0 bridgehead atoms. The van der Waals surface area contributed by atoms with Gasteiger partial charge in [-0.1, -0.05) is 36.7 Å². The van der Waals surface area contributed by atoms with Gasteiger partial charge in [0.2, 0.25) is 0 Å². The topological polar surface area (TPSA) is 52.9 Å². The molecular formula is C15H20BrN3O. The number of nitrogens with two attached hydrogens (primary N) is 1. The highest BCUT2D eigenvalue weighted by Gasteiger charge is 2.20. The maximum absolute atomic E-state index is 12.5. The molecule has 1 aromatic heterocycles. The molecule has 5 heteroatoms. The minimum Gasteiger partial charge on any atom is -0.393 e. The van der Waals surface area contributed by atoms with E-state index in [1.165, 1.54) is 0 Å². The quantitative estimate of drug-likeness (QED) is 0.927. The standard InChI is InChI=1S/C15H20BrN3O/c1-4-9-18-14(10(2)3)13(17)15(20)19(18)12-7-5-11(16)6-8-12/h5-8,10H,4,9,17H2,1-3H3. The lowest BCUT2D eigenvalue weighted by Crippen LogP contribution is -2.22. The van der Waals surface area contributed by atoms with Crippen LogP contribution in [0.2, 0.25) is 0 Å². The molecule has 1 heterocycles. The third kappa shape index (κ3) is 2.54. The summed E-state index contributed by atoms with van der Waals surface area (Å²) >= 11 is 3.41. The average molecular weight is 338 g/mol. The van der Waals surface area contributed by atoms with E-state index in [-0.39, 0.29) is 11.5 Å². The van der Waals surface area contributed by atoms with Crippen molar-refractivity contribution in [3.8, 4) is 5.69 Å². The summed E-state index contributed by atoms with van der Waals surface area (Å²) in [7, 11) is 0. The summed E-state index contributed by atoms with van der Waals surface area (Å²) in [6.07, 6.45) is 0.948. The van der Waals surface area contributed by atoms with Gasteiger partial charge in [0.15, 0.2) is 0 Å². The minimum atomic E-state index is -0.135. The smallest absolute Gasteiger partial charge is 0.294 e. The summed E-state index contributed by atoms with van der Waals surface area (Å²) in [5.41, 5.74) is 8.02. The van der Waals surface area contributed by atoms with Crippen molar-refractivity contribution < 1.29 is 0 Å². The van der Waals surface area contributed by atoms with Crippen LogP contribution in [0.1, 0.15) is 38.8 Å². The molecule has 0 unspecified atom stereocenters. The van der Waals surface area contributed by atoms with E-state index in [9.17, 15) is 4.79 Å². The third-order valence-electron chi connectivity index (χ3n) is 3.27. The molecule has 0 amide bonds. The molecule has 0 aliphatic carbocycles. The summed E-state index contributed by atoms with van der Waals surface area (Å²) in [6.45, 7) is 6.99. The lowest BCUT2D eigenvalue weighted by Gasteiger charge is -2.16. The van der Waals surface area contributed by atoms with Crippen LogP contribution in [-0.2, 0) is 6.54 Å². The Hall–Kier alpha value is -1.49. The number of aromatic nitrogens is 2. The van der Waals surface area contributed by atoms with Crippen molar-refractivity contribution >= 4 is 21.6 Å². The number of hydrogen-bond acceptors (Lipinski definition) is 2. The molecule has 108 valence electrons. The van der Waals surface area contributed by atoms with E-state index in [1.54, 1.807) is 4.68 Å². The predicted molar refractivity (Wildman–Crippen MR) is 86.5 cm³/mol. The lowest BCUT2D eigenvalue weighted by molar-refractivity contribution is 0.503. The van der Waals surface area contributed by atoms with Crippen molar-refractivity contribution in [2.24, 2.45) is 0 Å². The first-order valence-electron chi connectivity index (χ1n) is 6.84. The zero-order chi connectivity index (χ0) is 14.9. The Morgan fingerprint density at radius 2 is 1.85 bits per heavy atom. The first-order chi connectivity index (χ1) is 9.47. The lowest BCUT2D eigenvalue weighted by atomic mass is 10.1. The molecule has 0 aliphatic heterocycles. The van der Waals surface area contributed by atoms with Crippen LogP contribution in [0.15, 0.2) is 33.5 Å². The first kappa shape index (κ1) is 14.9.